The standard InChI is InChI=1S/C19H19N4O4P/c1-12(13-6-8-14(9-7-13)28(2,26)27)22-18(24)15-11-21-17(23-19(15)25)16-5-3-4-10-20-16/h3-12H,1-2H3,(H,22,24)(H,26,27)(H,21,23,25). The first-order valence-corrected chi connectivity index (χ1v) is 10.6. The lowest BCUT2D eigenvalue weighted by molar-refractivity contribution is 0.0938. The molecular weight excluding hydrogens is 379 g/mol. The van der Waals surface area contributed by atoms with Crippen LogP contribution in [-0.2, 0) is 4.57 Å². The normalized spacial score (nSPS) is 14.1. The number of hydrogen-bond donors (Lipinski definition) is 3. The van der Waals surface area contributed by atoms with Gasteiger partial charge in [-0.05, 0) is 36.8 Å². The molecule has 0 fully saturated rings. The summed E-state index contributed by atoms with van der Waals surface area (Å²) in [4.78, 5) is 45.1. The molecule has 28 heavy (non-hydrogen) atoms. The van der Waals surface area contributed by atoms with Gasteiger partial charge < -0.3 is 15.2 Å². The lowest BCUT2D eigenvalue weighted by atomic mass is 10.1. The molecule has 9 heteroatoms. The van der Waals surface area contributed by atoms with E-state index in [1.807, 2.05) is 0 Å². The van der Waals surface area contributed by atoms with Gasteiger partial charge in [-0.3, -0.25) is 19.1 Å². The highest BCUT2D eigenvalue weighted by Crippen LogP contribution is 2.33. The van der Waals surface area contributed by atoms with E-state index in [9.17, 15) is 19.0 Å². The number of H-pyrrole nitrogens is 1. The average Bonchev–Trinajstić information content (AvgIpc) is 2.68. The zero-order valence-corrected chi connectivity index (χ0v) is 16.2. The summed E-state index contributed by atoms with van der Waals surface area (Å²) in [6.45, 7) is 3.02. The minimum Gasteiger partial charge on any atom is -0.345 e. The van der Waals surface area contributed by atoms with Crippen molar-refractivity contribution in [2.45, 2.75) is 13.0 Å². The molecule has 0 bridgehead atoms. The summed E-state index contributed by atoms with van der Waals surface area (Å²) < 4.78 is 11.7. The number of aromatic amines is 1. The molecule has 2 aromatic heterocycles. The van der Waals surface area contributed by atoms with Crippen LogP contribution in [0.25, 0.3) is 11.5 Å². The fourth-order valence-electron chi connectivity index (χ4n) is 2.59. The highest BCUT2D eigenvalue weighted by molar-refractivity contribution is 7.65. The van der Waals surface area contributed by atoms with Crippen LogP contribution in [0.3, 0.4) is 0 Å². The predicted molar refractivity (Wildman–Crippen MR) is 106 cm³/mol. The van der Waals surface area contributed by atoms with E-state index in [-0.39, 0.29) is 11.4 Å². The van der Waals surface area contributed by atoms with Crippen LogP contribution in [0.5, 0.6) is 0 Å². The maximum absolute atomic E-state index is 12.5. The first-order valence-electron chi connectivity index (χ1n) is 8.48. The largest absolute Gasteiger partial charge is 0.345 e. The fourth-order valence-corrected chi connectivity index (χ4v) is 3.29. The van der Waals surface area contributed by atoms with E-state index in [1.165, 1.54) is 12.9 Å². The molecule has 8 nitrogen and oxygen atoms in total. The number of benzene rings is 1. The number of pyridine rings is 1. The van der Waals surface area contributed by atoms with E-state index in [0.29, 0.717) is 11.0 Å². The Morgan fingerprint density at radius 3 is 2.46 bits per heavy atom. The van der Waals surface area contributed by atoms with Crippen molar-refractivity contribution in [1.29, 1.82) is 0 Å². The zero-order chi connectivity index (χ0) is 20.3. The minimum absolute atomic E-state index is 0.114. The van der Waals surface area contributed by atoms with Gasteiger partial charge >= 0.3 is 0 Å². The zero-order valence-electron chi connectivity index (χ0n) is 15.3. The SMILES string of the molecule is CC(NC(=O)c1cnc(-c2ccccn2)[nH]c1=O)c1ccc(P(C)(=O)O)cc1. The van der Waals surface area contributed by atoms with Gasteiger partial charge in [-0.2, -0.15) is 0 Å². The summed E-state index contributed by atoms with van der Waals surface area (Å²) in [6.07, 6.45) is 2.80. The van der Waals surface area contributed by atoms with Gasteiger partial charge in [-0.15, -0.1) is 0 Å². The molecule has 2 atom stereocenters. The Morgan fingerprint density at radius 1 is 1.18 bits per heavy atom. The number of carbonyl (C=O) groups excluding carboxylic acids is 1. The van der Waals surface area contributed by atoms with Gasteiger partial charge in [0.25, 0.3) is 11.5 Å². The minimum atomic E-state index is -3.33. The second kappa shape index (κ2) is 7.88. The molecule has 0 spiro atoms. The summed E-state index contributed by atoms with van der Waals surface area (Å²) in [7, 11) is -3.33. The van der Waals surface area contributed by atoms with Crippen molar-refractivity contribution in [3.8, 4) is 11.5 Å². The van der Waals surface area contributed by atoms with Gasteiger partial charge in [0.05, 0.1) is 6.04 Å². The molecule has 3 rings (SSSR count). The van der Waals surface area contributed by atoms with E-state index < -0.39 is 24.9 Å². The maximum Gasteiger partial charge on any atom is 0.264 e. The van der Waals surface area contributed by atoms with Crippen molar-refractivity contribution >= 4 is 18.6 Å². The van der Waals surface area contributed by atoms with Crippen molar-refractivity contribution in [1.82, 2.24) is 20.3 Å². The highest BCUT2D eigenvalue weighted by atomic mass is 31.2. The monoisotopic (exact) mass is 398 g/mol. The van der Waals surface area contributed by atoms with E-state index >= 15 is 0 Å². The number of nitrogens with zero attached hydrogens (tertiary/aromatic N) is 2. The molecule has 0 saturated carbocycles. The molecule has 1 amide bonds. The van der Waals surface area contributed by atoms with E-state index in [4.69, 9.17) is 0 Å². The molecule has 3 N–H and O–H groups in total. The van der Waals surface area contributed by atoms with Crippen LogP contribution in [-0.4, -0.2) is 32.4 Å². The number of amides is 1. The van der Waals surface area contributed by atoms with Crippen LogP contribution in [0, 0.1) is 0 Å². The van der Waals surface area contributed by atoms with Gasteiger partial charge in [-0.25, -0.2) is 4.98 Å². The van der Waals surface area contributed by atoms with E-state index in [1.54, 1.807) is 55.6 Å². The summed E-state index contributed by atoms with van der Waals surface area (Å²) in [6, 6.07) is 11.2. The smallest absolute Gasteiger partial charge is 0.264 e. The number of rotatable bonds is 5. The predicted octanol–water partition coefficient (Wildman–Crippen LogP) is 1.85. The Bertz CT molecular complexity index is 1090. The Balaban J connectivity index is 1.75. The third-order valence-electron chi connectivity index (χ3n) is 4.17. The van der Waals surface area contributed by atoms with Crippen LogP contribution in [0.2, 0.25) is 0 Å². The first-order chi connectivity index (χ1) is 13.3. The Kier molecular flexibility index (Phi) is 5.53. The summed E-state index contributed by atoms with van der Waals surface area (Å²) in [5.41, 5.74) is 0.552. The number of hydrogen-bond acceptors (Lipinski definition) is 5. The molecule has 0 aliphatic heterocycles. The van der Waals surface area contributed by atoms with Crippen LogP contribution in [0.15, 0.2) is 59.7 Å². The number of aromatic nitrogens is 3. The number of nitrogens with one attached hydrogen (secondary N) is 2. The molecule has 144 valence electrons. The molecule has 3 aromatic rings. The Morgan fingerprint density at radius 2 is 1.89 bits per heavy atom. The second-order valence-electron chi connectivity index (χ2n) is 6.36. The van der Waals surface area contributed by atoms with Crippen LogP contribution >= 0.6 is 7.37 Å². The van der Waals surface area contributed by atoms with Crippen molar-refractivity contribution < 1.29 is 14.3 Å². The highest BCUT2D eigenvalue weighted by Gasteiger charge is 2.18. The topological polar surface area (TPSA) is 125 Å². The second-order valence-corrected chi connectivity index (χ2v) is 8.63. The average molecular weight is 398 g/mol. The van der Waals surface area contributed by atoms with Gasteiger partial charge in [0, 0.05) is 24.4 Å². The Labute approximate surface area is 161 Å². The van der Waals surface area contributed by atoms with Crippen molar-refractivity contribution in [2.75, 3.05) is 6.66 Å². The van der Waals surface area contributed by atoms with E-state index in [2.05, 4.69) is 20.3 Å². The summed E-state index contributed by atoms with van der Waals surface area (Å²) in [5.74, 6) is -0.292. The van der Waals surface area contributed by atoms with Gasteiger partial charge in [0.2, 0.25) is 7.37 Å². The van der Waals surface area contributed by atoms with E-state index in [0.717, 1.165) is 5.56 Å². The maximum atomic E-state index is 12.5. The molecule has 2 unspecified atom stereocenters. The third kappa shape index (κ3) is 4.42. The van der Waals surface area contributed by atoms with Crippen LogP contribution in [0.4, 0.5) is 0 Å². The molecule has 1 aromatic carbocycles. The van der Waals surface area contributed by atoms with Gasteiger partial charge in [0.1, 0.15) is 11.3 Å². The number of carbonyl (C=O) groups is 1. The fraction of sp³-hybridized carbons (Fsp3) is 0.158. The van der Waals surface area contributed by atoms with Crippen LogP contribution in [0.1, 0.15) is 28.9 Å². The van der Waals surface area contributed by atoms with Gasteiger partial charge in [0.15, 0.2) is 5.82 Å². The molecule has 2 heterocycles. The third-order valence-corrected chi connectivity index (χ3v) is 5.43. The molecular formula is C19H19N4O4P. The van der Waals surface area contributed by atoms with Crippen LogP contribution < -0.4 is 16.2 Å². The van der Waals surface area contributed by atoms with Crippen molar-refractivity contribution in [2.24, 2.45) is 0 Å². The molecule has 0 saturated heterocycles. The van der Waals surface area contributed by atoms with Gasteiger partial charge in [-0.1, -0.05) is 18.2 Å². The summed E-state index contributed by atoms with van der Waals surface area (Å²) >= 11 is 0. The molecule has 0 aliphatic rings. The molecule has 0 aliphatic carbocycles. The lowest BCUT2D eigenvalue weighted by Crippen LogP contribution is -2.32. The quantitative estimate of drug-likeness (QED) is 0.563. The van der Waals surface area contributed by atoms with Crippen molar-refractivity contribution in [3.63, 3.8) is 0 Å². The lowest BCUT2D eigenvalue weighted by Gasteiger charge is -2.15. The first kappa shape index (κ1) is 19.7. The molecule has 0 radical (unpaired) electrons. The Hall–Kier alpha value is -3.09. The summed E-state index contributed by atoms with van der Waals surface area (Å²) in [5, 5.41) is 3.06. The van der Waals surface area contributed by atoms with Crippen molar-refractivity contribution in [3.05, 3.63) is 76.3 Å².